The molecule has 1 N–H and O–H groups in total. The fraction of sp³-hybridized carbons (Fsp3) is 0.353. The minimum atomic E-state index is -0.166. The topological polar surface area (TPSA) is 45.5 Å². The number of nitrogens with zero attached hydrogens (tertiary/aromatic N) is 2. The molecule has 0 radical (unpaired) electrons. The van der Waals surface area contributed by atoms with Crippen molar-refractivity contribution in [2.24, 2.45) is 0 Å². The third-order valence-corrected chi connectivity index (χ3v) is 3.72. The van der Waals surface area contributed by atoms with Crippen LogP contribution in [-0.4, -0.2) is 34.2 Å². The van der Waals surface area contributed by atoms with Crippen molar-refractivity contribution in [1.82, 2.24) is 9.47 Å². The van der Waals surface area contributed by atoms with E-state index in [1.165, 1.54) is 6.07 Å². The Kier molecular flexibility index (Phi) is 5.17. The Bertz CT molecular complexity index is 631. The minimum Gasteiger partial charge on any atom is -0.508 e. The zero-order chi connectivity index (χ0) is 15.2. The van der Waals surface area contributed by atoms with Crippen LogP contribution in [0.4, 0.5) is 0 Å². The molecule has 0 fully saturated rings. The highest BCUT2D eigenvalue weighted by Gasteiger charge is 2.09. The molecule has 2 aromatic rings. The Morgan fingerprint density at radius 3 is 2.38 bits per heavy atom. The minimum absolute atomic E-state index is 0.0120. The molecule has 21 heavy (non-hydrogen) atoms. The first-order valence-electron chi connectivity index (χ1n) is 7.37. The Morgan fingerprint density at radius 1 is 1.10 bits per heavy atom. The molecular weight excluding hydrogens is 264 g/mol. The number of pyridine rings is 1. The average Bonchev–Trinajstić information content (AvgIpc) is 2.50. The SMILES string of the molecule is CCN(CC)CCn1c(-c2ccccc2)cc(O)cc1=O. The molecule has 0 atom stereocenters. The molecule has 0 saturated carbocycles. The molecule has 0 bridgehead atoms. The maximum atomic E-state index is 12.2. The second kappa shape index (κ2) is 7.09. The highest BCUT2D eigenvalue weighted by molar-refractivity contribution is 5.61. The highest BCUT2D eigenvalue weighted by Crippen LogP contribution is 2.21. The van der Waals surface area contributed by atoms with E-state index in [4.69, 9.17) is 0 Å². The van der Waals surface area contributed by atoms with Gasteiger partial charge in [0, 0.05) is 25.2 Å². The first kappa shape index (κ1) is 15.3. The molecule has 1 aromatic heterocycles. The van der Waals surface area contributed by atoms with Crippen molar-refractivity contribution in [3.63, 3.8) is 0 Å². The Labute approximate surface area is 125 Å². The molecule has 0 aliphatic rings. The molecule has 4 heteroatoms. The fourth-order valence-corrected chi connectivity index (χ4v) is 2.44. The largest absolute Gasteiger partial charge is 0.508 e. The molecule has 1 aromatic carbocycles. The lowest BCUT2D eigenvalue weighted by molar-refractivity contribution is 0.289. The van der Waals surface area contributed by atoms with Crippen LogP contribution in [0.3, 0.4) is 0 Å². The predicted molar refractivity (Wildman–Crippen MR) is 85.6 cm³/mol. The first-order chi connectivity index (χ1) is 10.2. The molecule has 0 spiro atoms. The van der Waals surface area contributed by atoms with E-state index in [1.54, 1.807) is 10.6 Å². The average molecular weight is 286 g/mol. The molecule has 2 rings (SSSR count). The van der Waals surface area contributed by atoms with Gasteiger partial charge >= 0.3 is 0 Å². The van der Waals surface area contributed by atoms with Crippen LogP contribution in [0.2, 0.25) is 0 Å². The number of hydrogen-bond acceptors (Lipinski definition) is 3. The van der Waals surface area contributed by atoms with Crippen molar-refractivity contribution in [2.45, 2.75) is 20.4 Å². The van der Waals surface area contributed by atoms with Crippen molar-refractivity contribution in [3.05, 3.63) is 52.8 Å². The van der Waals surface area contributed by atoms with E-state index in [0.717, 1.165) is 30.9 Å². The van der Waals surface area contributed by atoms with E-state index in [-0.39, 0.29) is 11.3 Å². The number of benzene rings is 1. The summed E-state index contributed by atoms with van der Waals surface area (Å²) in [7, 11) is 0. The normalized spacial score (nSPS) is 11.0. The van der Waals surface area contributed by atoms with Gasteiger partial charge in [-0.25, -0.2) is 0 Å². The number of rotatable bonds is 6. The van der Waals surface area contributed by atoms with Gasteiger partial charge in [-0.15, -0.1) is 0 Å². The van der Waals surface area contributed by atoms with Crippen LogP contribution < -0.4 is 5.56 Å². The van der Waals surface area contributed by atoms with Crippen molar-refractivity contribution in [1.29, 1.82) is 0 Å². The summed E-state index contributed by atoms with van der Waals surface area (Å²) < 4.78 is 1.73. The first-order valence-corrected chi connectivity index (χ1v) is 7.37. The lowest BCUT2D eigenvalue weighted by atomic mass is 10.1. The molecule has 0 unspecified atom stereocenters. The third kappa shape index (κ3) is 3.73. The van der Waals surface area contributed by atoms with E-state index in [1.807, 2.05) is 30.3 Å². The van der Waals surface area contributed by atoms with Gasteiger partial charge in [0.2, 0.25) is 0 Å². The number of likely N-dealkylation sites (N-methyl/N-ethyl adjacent to an activating group) is 1. The van der Waals surface area contributed by atoms with Gasteiger partial charge in [0.05, 0.1) is 5.69 Å². The zero-order valence-corrected chi connectivity index (χ0v) is 12.6. The lowest BCUT2D eigenvalue weighted by Gasteiger charge is -2.20. The summed E-state index contributed by atoms with van der Waals surface area (Å²) >= 11 is 0. The van der Waals surface area contributed by atoms with Crippen molar-refractivity contribution < 1.29 is 5.11 Å². The molecule has 1 heterocycles. The lowest BCUT2D eigenvalue weighted by Crippen LogP contribution is -2.31. The monoisotopic (exact) mass is 286 g/mol. The zero-order valence-electron chi connectivity index (χ0n) is 12.6. The Balaban J connectivity index is 2.38. The summed E-state index contributed by atoms with van der Waals surface area (Å²) in [6.07, 6.45) is 0. The summed E-state index contributed by atoms with van der Waals surface area (Å²) in [5, 5.41) is 9.73. The van der Waals surface area contributed by atoms with Crippen LogP contribution in [0.25, 0.3) is 11.3 Å². The summed E-state index contributed by atoms with van der Waals surface area (Å²) in [4.78, 5) is 14.5. The van der Waals surface area contributed by atoms with Gasteiger partial charge in [-0.1, -0.05) is 44.2 Å². The van der Waals surface area contributed by atoms with Gasteiger partial charge < -0.3 is 14.6 Å². The molecule has 112 valence electrons. The summed E-state index contributed by atoms with van der Waals surface area (Å²) in [6.45, 7) is 7.58. The van der Waals surface area contributed by atoms with E-state index < -0.39 is 0 Å². The van der Waals surface area contributed by atoms with Crippen LogP contribution >= 0.6 is 0 Å². The quantitative estimate of drug-likeness (QED) is 0.887. The van der Waals surface area contributed by atoms with Crippen LogP contribution in [0.1, 0.15) is 13.8 Å². The Morgan fingerprint density at radius 2 is 1.76 bits per heavy atom. The van der Waals surface area contributed by atoms with Crippen molar-refractivity contribution in [2.75, 3.05) is 19.6 Å². The van der Waals surface area contributed by atoms with Crippen LogP contribution in [0, 0.1) is 0 Å². The highest BCUT2D eigenvalue weighted by atomic mass is 16.3. The molecule has 0 aliphatic heterocycles. The standard InChI is InChI=1S/C17H22N2O2/c1-3-18(4-2)10-11-19-16(12-15(20)13-17(19)21)14-8-6-5-7-9-14/h5-9,12-13,20H,3-4,10-11H2,1-2H3. The van der Waals surface area contributed by atoms with Gasteiger partial charge in [0.1, 0.15) is 5.75 Å². The molecule has 0 aliphatic carbocycles. The smallest absolute Gasteiger partial charge is 0.254 e. The van der Waals surface area contributed by atoms with E-state index >= 15 is 0 Å². The second-order valence-corrected chi connectivity index (χ2v) is 4.98. The van der Waals surface area contributed by atoms with Gasteiger partial charge in [-0.2, -0.15) is 0 Å². The second-order valence-electron chi connectivity index (χ2n) is 4.98. The molecule has 0 amide bonds. The van der Waals surface area contributed by atoms with Crippen LogP contribution in [-0.2, 0) is 6.54 Å². The molecule has 0 saturated heterocycles. The van der Waals surface area contributed by atoms with Crippen molar-refractivity contribution in [3.8, 4) is 17.0 Å². The molecule has 4 nitrogen and oxygen atoms in total. The van der Waals surface area contributed by atoms with Crippen molar-refractivity contribution >= 4 is 0 Å². The summed E-state index contributed by atoms with van der Waals surface area (Å²) in [5.41, 5.74) is 1.53. The van der Waals surface area contributed by atoms with E-state index in [2.05, 4.69) is 18.7 Å². The fourth-order valence-electron chi connectivity index (χ4n) is 2.44. The molecular formula is C17H22N2O2. The van der Waals surface area contributed by atoms with Crippen LogP contribution in [0.5, 0.6) is 5.75 Å². The Hall–Kier alpha value is -2.07. The van der Waals surface area contributed by atoms with E-state index in [0.29, 0.717) is 6.54 Å². The number of aromatic nitrogens is 1. The maximum Gasteiger partial charge on any atom is 0.254 e. The maximum absolute atomic E-state index is 12.2. The predicted octanol–water partition coefficient (Wildman–Crippen LogP) is 2.56. The number of aromatic hydroxyl groups is 1. The summed E-state index contributed by atoms with van der Waals surface area (Å²) in [6, 6.07) is 12.6. The van der Waals surface area contributed by atoms with Crippen LogP contribution in [0.15, 0.2) is 47.3 Å². The van der Waals surface area contributed by atoms with Gasteiger partial charge in [-0.05, 0) is 18.7 Å². The number of hydrogen-bond donors (Lipinski definition) is 1. The van der Waals surface area contributed by atoms with Gasteiger partial charge in [-0.3, -0.25) is 4.79 Å². The van der Waals surface area contributed by atoms with Gasteiger partial charge in [0.25, 0.3) is 5.56 Å². The summed E-state index contributed by atoms with van der Waals surface area (Å²) in [5.74, 6) is 0.0120. The van der Waals surface area contributed by atoms with E-state index in [9.17, 15) is 9.90 Å². The van der Waals surface area contributed by atoms with Gasteiger partial charge in [0.15, 0.2) is 0 Å². The third-order valence-electron chi connectivity index (χ3n) is 3.72.